The fraction of sp³-hybridized carbons (Fsp3) is 0.500. The number of carbonyl (C=O) groups is 2. The number of carbonyl (C=O) groups excluding carboxylic acids is 1. The first-order valence-electron chi connectivity index (χ1n) is 7.16. The van der Waals surface area contributed by atoms with Crippen LogP contribution in [0.3, 0.4) is 0 Å². The smallest absolute Gasteiger partial charge is 0.347 e. The monoisotopic (exact) mass is 338 g/mol. The van der Waals surface area contributed by atoms with Gasteiger partial charge in [-0.3, -0.25) is 4.79 Å². The number of carboxylic acid groups (broad SMARTS) is 1. The van der Waals surface area contributed by atoms with Crippen LogP contribution in [0.5, 0.6) is 0 Å². The van der Waals surface area contributed by atoms with Crippen molar-refractivity contribution in [1.82, 2.24) is 20.4 Å². The lowest BCUT2D eigenvalue weighted by atomic mass is 10.2. The predicted molar refractivity (Wildman–Crippen MR) is 82.3 cm³/mol. The van der Waals surface area contributed by atoms with Crippen molar-refractivity contribution in [2.24, 2.45) is 0 Å². The molecule has 0 spiro atoms. The van der Waals surface area contributed by atoms with Crippen molar-refractivity contribution in [1.29, 1.82) is 0 Å². The molecule has 1 atom stereocenters. The molecular formula is C14H18N4O4S. The summed E-state index contributed by atoms with van der Waals surface area (Å²) >= 11 is 1.08. The van der Waals surface area contributed by atoms with E-state index in [9.17, 15) is 9.59 Å². The number of hydrogen-bond acceptors (Lipinski definition) is 7. The van der Waals surface area contributed by atoms with Gasteiger partial charge in [-0.2, -0.15) is 4.98 Å². The quantitative estimate of drug-likeness (QED) is 0.793. The predicted octanol–water partition coefficient (Wildman–Crippen LogP) is 2.04. The van der Waals surface area contributed by atoms with E-state index in [1.807, 2.05) is 0 Å². The maximum Gasteiger partial charge on any atom is 0.347 e. The summed E-state index contributed by atoms with van der Waals surface area (Å²) in [7, 11) is 0. The van der Waals surface area contributed by atoms with E-state index in [0.717, 1.165) is 11.3 Å². The van der Waals surface area contributed by atoms with Gasteiger partial charge in [0.05, 0.1) is 11.7 Å². The number of nitrogens with one attached hydrogen (secondary N) is 1. The number of thiazole rings is 1. The zero-order valence-electron chi connectivity index (χ0n) is 13.1. The van der Waals surface area contributed by atoms with Crippen LogP contribution >= 0.6 is 11.3 Å². The largest absolute Gasteiger partial charge is 0.477 e. The van der Waals surface area contributed by atoms with E-state index in [4.69, 9.17) is 9.63 Å². The van der Waals surface area contributed by atoms with Gasteiger partial charge in [-0.05, 0) is 27.2 Å². The molecule has 1 unspecified atom stereocenters. The van der Waals surface area contributed by atoms with Crippen LogP contribution < -0.4 is 5.32 Å². The molecule has 0 saturated heterocycles. The maximum atomic E-state index is 11.9. The van der Waals surface area contributed by atoms with Crippen molar-refractivity contribution in [2.45, 2.75) is 46.1 Å². The van der Waals surface area contributed by atoms with Crippen molar-refractivity contribution < 1.29 is 19.2 Å². The molecular weight excluding hydrogens is 320 g/mol. The molecule has 2 heterocycles. The molecule has 2 N–H and O–H groups in total. The third-order valence-electron chi connectivity index (χ3n) is 3.12. The lowest BCUT2D eigenvalue weighted by Crippen LogP contribution is -2.26. The fourth-order valence-electron chi connectivity index (χ4n) is 2.02. The Labute approximate surface area is 136 Å². The van der Waals surface area contributed by atoms with E-state index in [0.29, 0.717) is 41.7 Å². The minimum Gasteiger partial charge on any atom is -0.477 e. The standard InChI is InChI=1S/C14H18N4O4S/c1-7-12(14(20)21)23-13(16-7)8(2)15-10(19)5-4-6-11-17-9(3)18-22-11/h8H,4-6H2,1-3H3,(H,15,19)(H,20,21). The molecule has 2 aromatic rings. The Kier molecular flexibility index (Phi) is 5.43. The van der Waals surface area contributed by atoms with Gasteiger partial charge in [0, 0.05) is 12.8 Å². The van der Waals surface area contributed by atoms with Gasteiger partial charge < -0.3 is 14.9 Å². The third-order valence-corrected chi connectivity index (χ3v) is 4.45. The second-order valence-corrected chi connectivity index (χ2v) is 6.18. The molecule has 0 radical (unpaired) electrons. The molecule has 0 aromatic carbocycles. The lowest BCUT2D eigenvalue weighted by Gasteiger charge is -2.10. The van der Waals surface area contributed by atoms with E-state index >= 15 is 0 Å². The number of amides is 1. The number of hydrogen-bond donors (Lipinski definition) is 2. The second-order valence-electron chi connectivity index (χ2n) is 5.15. The number of aromatic nitrogens is 3. The molecule has 0 bridgehead atoms. The average Bonchev–Trinajstić information content (AvgIpc) is 3.05. The van der Waals surface area contributed by atoms with E-state index < -0.39 is 5.97 Å². The van der Waals surface area contributed by atoms with Gasteiger partial charge in [-0.15, -0.1) is 11.3 Å². The number of aryl methyl sites for hydroxylation is 3. The summed E-state index contributed by atoms with van der Waals surface area (Å²) in [5.41, 5.74) is 0.463. The van der Waals surface area contributed by atoms with Crippen molar-refractivity contribution in [3.63, 3.8) is 0 Å². The fourth-order valence-corrected chi connectivity index (χ4v) is 2.93. The highest BCUT2D eigenvalue weighted by Crippen LogP contribution is 2.23. The number of carboxylic acids is 1. The summed E-state index contributed by atoms with van der Waals surface area (Å²) in [5, 5.41) is 16.1. The van der Waals surface area contributed by atoms with E-state index in [1.165, 1.54) is 0 Å². The topological polar surface area (TPSA) is 118 Å². The van der Waals surface area contributed by atoms with Crippen molar-refractivity contribution in [2.75, 3.05) is 0 Å². The molecule has 0 aliphatic rings. The highest BCUT2D eigenvalue weighted by atomic mass is 32.1. The Morgan fingerprint density at radius 2 is 2.09 bits per heavy atom. The van der Waals surface area contributed by atoms with Crippen LogP contribution in [0.15, 0.2) is 4.52 Å². The summed E-state index contributed by atoms with van der Waals surface area (Å²) in [5.74, 6) is -0.0328. The molecule has 2 aromatic heterocycles. The lowest BCUT2D eigenvalue weighted by molar-refractivity contribution is -0.121. The Hall–Kier alpha value is -2.29. The van der Waals surface area contributed by atoms with Gasteiger partial charge in [0.15, 0.2) is 5.82 Å². The zero-order valence-corrected chi connectivity index (χ0v) is 13.9. The summed E-state index contributed by atoms with van der Waals surface area (Å²) < 4.78 is 4.98. The molecule has 8 nitrogen and oxygen atoms in total. The maximum absolute atomic E-state index is 11.9. The van der Waals surface area contributed by atoms with E-state index in [-0.39, 0.29) is 16.8 Å². The highest BCUT2D eigenvalue weighted by Gasteiger charge is 2.19. The third kappa shape index (κ3) is 4.59. The van der Waals surface area contributed by atoms with Crippen molar-refractivity contribution in [3.8, 4) is 0 Å². The van der Waals surface area contributed by atoms with Crippen LogP contribution in [-0.4, -0.2) is 32.1 Å². The van der Waals surface area contributed by atoms with Gasteiger partial charge in [-0.1, -0.05) is 5.16 Å². The Morgan fingerprint density at radius 3 is 2.65 bits per heavy atom. The van der Waals surface area contributed by atoms with Gasteiger partial charge in [-0.25, -0.2) is 9.78 Å². The number of aromatic carboxylic acids is 1. The van der Waals surface area contributed by atoms with E-state index in [2.05, 4.69) is 20.4 Å². The minimum absolute atomic E-state index is 0.126. The zero-order chi connectivity index (χ0) is 17.0. The molecule has 1 amide bonds. The van der Waals surface area contributed by atoms with Crippen LogP contribution in [-0.2, 0) is 11.2 Å². The minimum atomic E-state index is -1.00. The SMILES string of the molecule is Cc1noc(CCCC(=O)NC(C)c2nc(C)c(C(=O)O)s2)n1. The average molecular weight is 338 g/mol. The molecule has 9 heteroatoms. The molecule has 2 rings (SSSR count). The summed E-state index contributed by atoms with van der Waals surface area (Å²) in [6.07, 6.45) is 1.46. The molecule has 0 aliphatic heterocycles. The second kappa shape index (κ2) is 7.32. The van der Waals surface area contributed by atoms with Gasteiger partial charge in [0.25, 0.3) is 0 Å². The van der Waals surface area contributed by atoms with Crippen molar-refractivity contribution in [3.05, 3.63) is 27.3 Å². The van der Waals surface area contributed by atoms with E-state index in [1.54, 1.807) is 20.8 Å². The normalized spacial score (nSPS) is 12.1. The number of rotatable bonds is 7. The molecule has 23 heavy (non-hydrogen) atoms. The summed E-state index contributed by atoms with van der Waals surface area (Å²) in [6.45, 7) is 5.16. The first kappa shape index (κ1) is 17.1. The molecule has 0 fully saturated rings. The van der Waals surface area contributed by atoms with Crippen LogP contribution in [0, 0.1) is 13.8 Å². The van der Waals surface area contributed by atoms with Gasteiger partial charge in [0.1, 0.15) is 9.88 Å². The Morgan fingerprint density at radius 1 is 1.35 bits per heavy atom. The van der Waals surface area contributed by atoms with Gasteiger partial charge in [0.2, 0.25) is 11.8 Å². The first-order chi connectivity index (χ1) is 10.9. The van der Waals surface area contributed by atoms with Crippen LogP contribution in [0.4, 0.5) is 0 Å². The Balaban J connectivity index is 1.82. The molecule has 0 saturated carbocycles. The van der Waals surface area contributed by atoms with Gasteiger partial charge >= 0.3 is 5.97 Å². The van der Waals surface area contributed by atoms with Crippen LogP contribution in [0.25, 0.3) is 0 Å². The summed E-state index contributed by atoms with van der Waals surface area (Å²) in [6, 6.07) is -0.329. The first-order valence-corrected chi connectivity index (χ1v) is 7.97. The van der Waals surface area contributed by atoms with Crippen LogP contribution in [0.2, 0.25) is 0 Å². The highest BCUT2D eigenvalue weighted by molar-refractivity contribution is 7.13. The number of nitrogens with zero attached hydrogens (tertiary/aromatic N) is 3. The van der Waals surface area contributed by atoms with Crippen molar-refractivity contribution >= 4 is 23.2 Å². The summed E-state index contributed by atoms with van der Waals surface area (Å²) in [4.78, 5) is 31.4. The molecule has 124 valence electrons. The van der Waals surface area contributed by atoms with Crippen LogP contribution in [0.1, 0.15) is 57.9 Å². The Bertz CT molecular complexity index is 709. The molecule has 0 aliphatic carbocycles.